The Kier molecular flexibility index (Phi) is 5.55. The first-order valence-electron chi connectivity index (χ1n) is 7.60. The number of rotatable bonds is 7. The highest BCUT2D eigenvalue weighted by Gasteiger charge is 2.02. The molecule has 112 valence electrons. The summed E-state index contributed by atoms with van der Waals surface area (Å²) < 4.78 is 0. The van der Waals surface area contributed by atoms with Crippen LogP contribution in [0.3, 0.4) is 0 Å². The van der Waals surface area contributed by atoms with Crippen LogP contribution in [0.2, 0.25) is 0 Å². The van der Waals surface area contributed by atoms with Gasteiger partial charge in [0.15, 0.2) is 0 Å². The van der Waals surface area contributed by atoms with Crippen LogP contribution >= 0.6 is 0 Å². The van der Waals surface area contributed by atoms with Crippen molar-refractivity contribution in [1.82, 2.24) is 9.97 Å². The fraction of sp³-hybridized carbons (Fsp3) is 0.412. The number of nitrogens with zero attached hydrogens (tertiary/aromatic N) is 2. The lowest BCUT2D eigenvalue weighted by Crippen LogP contribution is -2.06. The zero-order valence-electron chi connectivity index (χ0n) is 13.1. The third-order valence-corrected chi connectivity index (χ3v) is 3.37. The van der Waals surface area contributed by atoms with Gasteiger partial charge in [-0.05, 0) is 43.5 Å². The van der Waals surface area contributed by atoms with Crippen LogP contribution in [0.4, 0.5) is 17.5 Å². The van der Waals surface area contributed by atoms with Crippen molar-refractivity contribution in [3.8, 4) is 0 Å². The molecule has 0 fully saturated rings. The van der Waals surface area contributed by atoms with Gasteiger partial charge in [-0.25, -0.2) is 4.98 Å². The van der Waals surface area contributed by atoms with E-state index in [4.69, 9.17) is 0 Å². The zero-order chi connectivity index (χ0) is 15.1. The first kappa shape index (κ1) is 15.3. The van der Waals surface area contributed by atoms with Crippen molar-refractivity contribution in [1.29, 1.82) is 0 Å². The molecule has 4 heteroatoms. The average Bonchev–Trinajstić information content (AvgIpc) is 2.48. The Balaban J connectivity index is 2.02. The summed E-state index contributed by atoms with van der Waals surface area (Å²) >= 11 is 0. The summed E-state index contributed by atoms with van der Waals surface area (Å²) in [5.74, 6) is 1.50. The van der Waals surface area contributed by atoms with Crippen molar-refractivity contribution >= 4 is 17.5 Å². The van der Waals surface area contributed by atoms with E-state index in [1.165, 1.54) is 24.0 Å². The van der Waals surface area contributed by atoms with Crippen LogP contribution in [0.5, 0.6) is 0 Å². The lowest BCUT2D eigenvalue weighted by Gasteiger charge is -2.11. The second kappa shape index (κ2) is 7.62. The molecule has 1 heterocycles. The molecule has 0 aliphatic heterocycles. The van der Waals surface area contributed by atoms with E-state index in [0.29, 0.717) is 5.95 Å². The zero-order valence-corrected chi connectivity index (χ0v) is 13.1. The standard InChI is InChI=1S/C17H24N4/c1-4-5-6-10-18-17-19-11-9-16(21-17)20-15-12-13(2)7-8-14(15)3/h7-9,11-12H,4-6,10H2,1-3H3,(H2,18,19,20,21). The molecule has 21 heavy (non-hydrogen) atoms. The van der Waals surface area contributed by atoms with Crippen LogP contribution in [0.1, 0.15) is 37.3 Å². The highest BCUT2D eigenvalue weighted by atomic mass is 15.1. The number of hydrogen-bond donors (Lipinski definition) is 2. The number of benzene rings is 1. The Morgan fingerprint density at radius 3 is 2.76 bits per heavy atom. The first-order valence-corrected chi connectivity index (χ1v) is 7.60. The van der Waals surface area contributed by atoms with Crippen molar-refractivity contribution < 1.29 is 0 Å². The number of hydrogen-bond acceptors (Lipinski definition) is 4. The third-order valence-electron chi connectivity index (χ3n) is 3.37. The van der Waals surface area contributed by atoms with Crippen LogP contribution in [0.25, 0.3) is 0 Å². The predicted octanol–water partition coefficient (Wildman–Crippen LogP) is 4.44. The monoisotopic (exact) mass is 284 g/mol. The van der Waals surface area contributed by atoms with E-state index in [-0.39, 0.29) is 0 Å². The summed E-state index contributed by atoms with van der Waals surface area (Å²) in [4.78, 5) is 8.76. The van der Waals surface area contributed by atoms with E-state index in [1.807, 2.05) is 6.07 Å². The summed E-state index contributed by atoms with van der Waals surface area (Å²) in [5.41, 5.74) is 3.53. The fourth-order valence-corrected chi connectivity index (χ4v) is 2.10. The minimum Gasteiger partial charge on any atom is -0.354 e. The van der Waals surface area contributed by atoms with E-state index in [1.54, 1.807) is 6.20 Å². The lowest BCUT2D eigenvalue weighted by atomic mass is 10.1. The average molecular weight is 284 g/mol. The molecule has 0 bridgehead atoms. The molecule has 0 unspecified atom stereocenters. The Labute approximate surface area is 127 Å². The van der Waals surface area contributed by atoms with Crippen LogP contribution in [0.15, 0.2) is 30.5 Å². The molecule has 4 nitrogen and oxygen atoms in total. The second-order valence-corrected chi connectivity index (χ2v) is 5.34. The molecule has 1 aromatic carbocycles. The number of unbranched alkanes of at least 4 members (excludes halogenated alkanes) is 2. The largest absolute Gasteiger partial charge is 0.354 e. The molecule has 0 radical (unpaired) electrons. The maximum Gasteiger partial charge on any atom is 0.224 e. The highest BCUT2D eigenvalue weighted by molar-refractivity contribution is 5.61. The molecule has 0 amide bonds. The van der Waals surface area contributed by atoms with Crippen molar-refractivity contribution in [2.24, 2.45) is 0 Å². The van der Waals surface area contributed by atoms with Crippen molar-refractivity contribution in [2.45, 2.75) is 40.0 Å². The van der Waals surface area contributed by atoms with Crippen LogP contribution in [0, 0.1) is 13.8 Å². The maximum absolute atomic E-state index is 4.50. The summed E-state index contributed by atoms with van der Waals surface area (Å²) in [6, 6.07) is 8.24. The summed E-state index contributed by atoms with van der Waals surface area (Å²) in [5, 5.41) is 6.63. The predicted molar refractivity (Wildman–Crippen MR) is 89.2 cm³/mol. The minimum absolute atomic E-state index is 0.682. The fourth-order valence-electron chi connectivity index (χ4n) is 2.10. The molecule has 0 saturated carbocycles. The molecule has 0 saturated heterocycles. The van der Waals surface area contributed by atoms with Gasteiger partial charge in [0.25, 0.3) is 0 Å². The Bertz CT molecular complexity index is 581. The van der Waals surface area contributed by atoms with Gasteiger partial charge in [0.2, 0.25) is 5.95 Å². The third kappa shape index (κ3) is 4.74. The molecule has 0 aliphatic carbocycles. The molecule has 0 aliphatic rings. The Morgan fingerprint density at radius 2 is 1.95 bits per heavy atom. The van der Waals surface area contributed by atoms with Gasteiger partial charge in [0.05, 0.1) is 0 Å². The van der Waals surface area contributed by atoms with Gasteiger partial charge in [-0.15, -0.1) is 0 Å². The molecule has 0 spiro atoms. The lowest BCUT2D eigenvalue weighted by molar-refractivity contribution is 0.740. The van der Waals surface area contributed by atoms with E-state index >= 15 is 0 Å². The van der Waals surface area contributed by atoms with Crippen molar-refractivity contribution in [3.63, 3.8) is 0 Å². The smallest absolute Gasteiger partial charge is 0.224 e. The molecule has 2 aromatic rings. The Morgan fingerprint density at radius 1 is 1.10 bits per heavy atom. The molecule has 2 N–H and O–H groups in total. The first-order chi connectivity index (χ1) is 10.2. The number of anilines is 3. The van der Waals surface area contributed by atoms with Gasteiger partial charge >= 0.3 is 0 Å². The van der Waals surface area contributed by atoms with Crippen LogP contribution in [-0.2, 0) is 0 Å². The molecule has 2 rings (SSSR count). The van der Waals surface area contributed by atoms with E-state index in [2.05, 4.69) is 59.6 Å². The van der Waals surface area contributed by atoms with E-state index in [9.17, 15) is 0 Å². The van der Waals surface area contributed by atoms with Gasteiger partial charge in [-0.3, -0.25) is 0 Å². The summed E-state index contributed by atoms with van der Waals surface area (Å²) in [7, 11) is 0. The summed E-state index contributed by atoms with van der Waals surface area (Å²) in [6.45, 7) is 7.30. The molecular weight excluding hydrogens is 260 g/mol. The van der Waals surface area contributed by atoms with Crippen molar-refractivity contribution in [3.05, 3.63) is 41.6 Å². The SMILES string of the molecule is CCCCCNc1nccc(Nc2cc(C)ccc2C)n1. The second-order valence-electron chi connectivity index (χ2n) is 5.34. The molecule has 1 aromatic heterocycles. The summed E-state index contributed by atoms with van der Waals surface area (Å²) in [6.07, 6.45) is 5.38. The highest BCUT2D eigenvalue weighted by Crippen LogP contribution is 2.20. The number of nitrogens with one attached hydrogen (secondary N) is 2. The number of aryl methyl sites for hydroxylation is 2. The van der Waals surface area contributed by atoms with Gasteiger partial charge in [0, 0.05) is 18.4 Å². The molecule has 0 atom stereocenters. The number of aromatic nitrogens is 2. The van der Waals surface area contributed by atoms with Gasteiger partial charge < -0.3 is 10.6 Å². The van der Waals surface area contributed by atoms with Gasteiger partial charge in [0.1, 0.15) is 5.82 Å². The van der Waals surface area contributed by atoms with Crippen LogP contribution in [-0.4, -0.2) is 16.5 Å². The maximum atomic E-state index is 4.50. The van der Waals surface area contributed by atoms with Crippen molar-refractivity contribution in [2.75, 3.05) is 17.2 Å². The minimum atomic E-state index is 0.682. The normalized spacial score (nSPS) is 10.4. The van der Waals surface area contributed by atoms with Crippen LogP contribution < -0.4 is 10.6 Å². The van der Waals surface area contributed by atoms with E-state index in [0.717, 1.165) is 24.5 Å². The van der Waals surface area contributed by atoms with Gasteiger partial charge in [-0.1, -0.05) is 31.9 Å². The molecular formula is C17H24N4. The van der Waals surface area contributed by atoms with Gasteiger partial charge in [-0.2, -0.15) is 4.98 Å². The Hall–Kier alpha value is -2.10. The quantitative estimate of drug-likeness (QED) is 0.738. The topological polar surface area (TPSA) is 49.8 Å². The van der Waals surface area contributed by atoms with E-state index < -0.39 is 0 Å².